The average Bonchev–Trinajstić information content (AvgIpc) is 2.41. The van der Waals surface area contributed by atoms with Crippen LogP contribution in [-0.2, 0) is 9.53 Å². The molecule has 2 rings (SSSR count). The van der Waals surface area contributed by atoms with Gasteiger partial charge >= 0.3 is 5.97 Å². The van der Waals surface area contributed by atoms with Crippen molar-refractivity contribution >= 4 is 11.9 Å². The maximum absolute atomic E-state index is 12.5. The van der Waals surface area contributed by atoms with E-state index in [9.17, 15) is 9.59 Å². The van der Waals surface area contributed by atoms with Crippen molar-refractivity contribution in [2.24, 2.45) is 0 Å². The summed E-state index contributed by atoms with van der Waals surface area (Å²) in [5.41, 5.74) is 0.505. The van der Waals surface area contributed by atoms with Crippen LogP contribution in [0.1, 0.15) is 36.5 Å². The predicted molar refractivity (Wildman–Crippen MR) is 69.5 cm³/mol. The van der Waals surface area contributed by atoms with Gasteiger partial charge in [0, 0.05) is 18.4 Å². The zero-order valence-corrected chi connectivity index (χ0v) is 11.2. The van der Waals surface area contributed by atoms with Crippen molar-refractivity contribution in [3.63, 3.8) is 0 Å². The van der Waals surface area contributed by atoms with Crippen LogP contribution in [0, 0.1) is 0 Å². The molecule has 0 bridgehead atoms. The van der Waals surface area contributed by atoms with Gasteiger partial charge in [-0.1, -0.05) is 0 Å². The second-order valence-electron chi connectivity index (χ2n) is 4.74. The van der Waals surface area contributed by atoms with E-state index >= 15 is 0 Å². The van der Waals surface area contributed by atoms with Crippen LogP contribution in [0.15, 0.2) is 24.5 Å². The van der Waals surface area contributed by atoms with Crippen LogP contribution >= 0.6 is 0 Å². The lowest BCUT2D eigenvalue weighted by atomic mass is 9.90. The van der Waals surface area contributed by atoms with Crippen molar-refractivity contribution in [2.75, 3.05) is 7.11 Å². The van der Waals surface area contributed by atoms with Crippen molar-refractivity contribution in [3.05, 3.63) is 30.1 Å². The molecule has 0 N–H and O–H groups in total. The Morgan fingerprint density at radius 3 is 2.68 bits per heavy atom. The van der Waals surface area contributed by atoms with Gasteiger partial charge in [0.15, 0.2) is 0 Å². The molecule has 19 heavy (non-hydrogen) atoms. The molecule has 1 atom stereocenters. The van der Waals surface area contributed by atoms with Crippen molar-refractivity contribution < 1.29 is 14.3 Å². The third kappa shape index (κ3) is 2.75. The number of methoxy groups -OCH3 is 1. The molecule has 0 saturated heterocycles. The van der Waals surface area contributed by atoms with Crippen LogP contribution in [0.25, 0.3) is 0 Å². The fraction of sp³-hybridized carbons (Fsp3) is 0.500. The molecule has 102 valence electrons. The minimum absolute atomic E-state index is 0.127. The van der Waals surface area contributed by atoms with Gasteiger partial charge in [0.1, 0.15) is 6.04 Å². The maximum Gasteiger partial charge on any atom is 0.328 e. The average molecular weight is 262 g/mol. The number of esters is 1. The number of hydrogen-bond acceptors (Lipinski definition) is 4. The van der Waals surface area contributed by atoms with E-state index < -0.39 is 6.04 Å². The Balaban J connectivity index is 2.22. The van der Waals surface area contributed by atoms with Gasteiger partial charge in [0.25, 0.3) is 5.91 Å². The van der Waals surface area contributed by atoms with E-state index in [0.29, 0.717) is 5.56 Å². The molecule has 0 radical (unpaired) electrons. The molecule has 0 spiro atoms. The van der Waals surface area contributed by atoms with Gasteiger partial charge in [-0.05, 0) is 38.3 Å². The van der Waals surface area contributed by atoms with Crippen molar-refractivity contribution in [1.29, 1.82) is 0 Å². The van der Waals surface area contributed by atoms with Gasteiger partial charge in [0.05, 0.1) is 12.7 Å². The molecule has 0 aliphatic heterocycles. The topological polar surface area (TPSA) is 59.5 Å². The number of rotatable bonds is 4. The Morgan fingerprint density at radius 2 is 2.21 bits per heavy atom. The molecule has 1 fully saturated rings. The molecule has 1 aromatic rings. The molecule has 1 amide bonds. The summed E-state index contributed by atoms with van der Waals surface area (Å²) in [6.07, 6.45) is 6.11. The second kappa shape index (κ2) is 5.82. The fourth-order valence-electron chi connectivity index (χ4n) is 2.25. The van der Waals surface area contributed by atoms with Gasteiger partial charge in [-0.15, -0.1) is 0 Å². The second-order valence-corrected chi connectivity index (χ2v) is 4.74. The zero-order valence-electron chi connectivity index (χ0n) is 11.2. The van der Waals surface area contributed by atoms with E-state index in [1.807, 2.05) is 0 Å². The van der Waals surface area contributed by atoms with Crippen molar-refractivity contribution in [1.82, 2.24) is 9.88 Å². The molecule has 5 heteroatoms. The molecule has 5 nitrogen and oxygen atoms in total. The van der Waals surface area contributed by atoms with Crippen molar-refractivity contribution in [3.8, 4) is 0 Å². The van der Waals surface area contributed by atoms with Crippen molar-refractivity contribution in [2.45, 2.75) is 38.3 Å². The standard InChI is InChI=1S/C14H18N2O3/c1-10(14(18)19-2)16(12-6-3-7-12)13(17)11-5-4-8-15-9-11/h4-5,8-10,12H,3,6-7H2,1-2H3. The summed E-state index contributed by atoms with van der Waals surface area (Å²) in [5.74, 6) is -0.542. The lowest BCUT2D eigenvalue weighted by molar-refractivity contribution is -0.146. The zero-order chi connectivity index (χ0) is 13.8. The quantitative estimate of drug-likeness (QED) is 0.774. The number of nitrogens with zero attached hydrogens (tertiary/aromatic N) is 2. The largest absolute Gasteiger partial charge is 0.467 e. The van der Waals surface area contributed by atoms with Gasteiger partial charge in [-0.3, -0.25) is 9.78 Å². The number of carbonyl (C=O) groups excluding carboxylic acids is 2. The summed E-state index contributed by atoms with van der Waals surface area (Å²) >= 11 is 0. The summed E-state index contributed by atoms with van der Waals surface area (Å²) in [6, 6.07) is 2.99. The molecule has 1 saturated carbocycles. The first kappa shape index (κ1) is 13.5. The third-order valence-corrected chi connectivity index (χ3v) is 3.57. The van der Waals surface area contributed by atoms with Gasteiger partial charge in [0.2, 0.25) is 0 Å². The highest BCUT2D eigenvalue weighted by atomic mass is 16.5. The monoisotopic (exact) mass is 262 g/mol. The predicted octanol–water partition coefficient (Wildman–Crippen LogP) is 1.64. The van der Waals surface area contributed by atoms with Crippen LogP contribution < -0.4 is 0 Å². The number of amides is 1. The van der Waals surface area contributed by atoms with E-state index in [1.54, 1.807) is 30.2 Å². The Morgan fingerprint density at radius 1 is 1.47 bits per heavy atom. The van der Waals surface area contributed by atoms with Gasteiger partial charge in [-0.25, -0.2) is 4.79 Å². The van der Waals surface area contributed by atoms with E-state index in [-0.39, 0.29) is 17.9 Å². The molecular weight excluding hydrogens is 244 g/mol. The van der Waals surface area contributed by atoms with Crippen LogP contribution in [0.4, 0.5) is 0 Å². The molecule has 1 aliphatic carbocycles. The first-order valence-corrected chi connectivity index (χ1v) is 6.45. The Hall–Kier alpha value is -1.91. The number of aromatic nitrogens is 1. The van der Waals surface area contributed by atoms with E-state index in [4.69, 9.17) is 4.74 Å². The number of ether oxygens (including phenoxy) is 1. The minimum atomic E-state index is -0.567. The first-order valence-electron chi connectivity index (χ1n) is 6.45. The summed E-state index contributed by atoms with van der Waals surface area (Å²) in [5, 5.41) is 0. The number of hydrogen-bond donors (Lipinski definition) is 0. The Labute approximate surface area is 112 Å². The van der Waals surface area contributed by atoms with Crippen LogP contribution in [0.5, 0.6) is 0 Å². The molecule has 1 aromatic heterocycles. The van der Waals surface area contributed by atoms with E-state index in [1.165, 1.54) is 13.3 Å². The molecular formula is C14H18N2O3. The minimum Gasteiger partial charge on any atom is -0.467 e. The van der Waals surface area contributed by atoms with E-state index in [0.717, 1.165) is 19.3 Å². The Bertz CT molecular complexity index is 457. The summed E-state index contributed by atoms with van der Waals surface area (Å²) in [6.45, 7) is 1.71. The molecule has 1 heterocycles. The molecule has 1 aliphatic rings. The fourth-order valence-corrected chi connectivity index (χ4v) is 2.25. The SMILES string of the molecule is COC(=O)C(C)N(C(=O)c1cccnc1)C1CCC1. The van der Waals surface area contributed by atoms with Crippen LogP contribution in [0.2, 0.25) is 0 Å². The van der Waals surface area contributed by atoms with Gasteiger partial charge in [-0.2, -0.15) is 0 Å². The Kier molecular flexibility index (Phi) is 4.14. The molecule has 1 unspecified atom stereocenters. The normalized spacial score (nSPS) is 16.3. The first-order chi connectivity index (χ1) is 9.15. The highest BCUT2D eigenvalue weighted by Gasteiger charge is 2.36. The summed E-state index contributed by atoms with van der Waals surface area (Å²) < 4.78 is 4.75. The van der Waals surface area contributed by atoms with Crippen LogP contribution in [-0.4, -0.2) is 41.0 Å². The highest BCUT2D eigenvalue weighted by Crippen LogP contribution is 2.28. The third-order valence-electron chi connectivity index (χ3n) is 3.57. The number of carbonyl (C=O) groups is 2. The molecule has 0 aromatic carbocycles. The lowest BCUT2D eigenvalue weighted by Crippen LogP contribution is -2.52. The smallest absolute Gasteiger partial charge is 0.328 e. The number of pyridine rings is 1. The summed E-state index contributed by atoms with van der Waals surface area (Å²) in [7, 11) is 1.34. The maximum atomic E-state index is 12.5. The summed E-state index contributed by atoms with van der Waals surface area (Å²) in [4.78, 5) is 29.8. The highest BCUT2D eigenvalue weighted by molar-refractivity contribution is 5.96. The van der Waals surface area contributed by atoms with Gasteiger partial charge < -0.3 is 9.64 Å². The lowest BCUT2D eigenvalue weighted by Gasteiger charge is -2.40. The van der Waals surface area contributed by atoms with Crippen LogP contribution in [0.3, 0.4) is 0 Å². The van der Waals surface area contributed by atoms with E-state index in [2.05, 4.69) is 4.98 Å².